The van der Waals surface area contributed by atoms with Crippen molar-refractivity contribution < 1.29 is 18.3 Å². The number of aryl methyl sites for hydroxylation is 1. The summed E-state index contributed by atoms with van der Waals surface area (Å²) in [7, 11) is 1.65. The molecule has 1 aromatic carbocycles. The Balaban J connectivity index is 2.00. The van der Waals surface area contributed by atoms with Crippen LogP contribution in [0.1, 0.15) is 19.4 Å². The van der Waals surface area contributed by atoms with E-state index in [0.717, 1.165) is 0 Å². The highest BCUT2D eigenvalue weighted by molar-refractivity contribution is 7.78. The molecular formula is C20H20N3O5S-. The van der Waals surface area contributed by atoms with E-state index in [1.54, 1.807) is 37.6 Å². The average molecular weight is 414 g/mol. The van der Waals surface area contributed by atoms with Crippen LogP contribution in [0.2, 0.25) is 0 Å². The molecular weight excluding hydrogens is 394 g/mol. The molecule has 0 bridgehead atoms. The van der Waals surface area contributed by atoms with E-state index in [0.29, 0.717) is 39.0 Å². The van der Waals surface area contributed by atoms with E-state index in [-0.39, 0.29) is 23.1 Å². The standard InChI is InChI=1S/C20H21N3O5S/c1-10(2)17-19(24)22-15-7-11(9-29(26)27)6-13(18(15)28-17)14-8-23(3)20(25)16-12(14)4-5-21-16/h4-8,10,17,21H,9H2,1-3H3,(H,22,24)(H,26,27)/p-1. The van der Waals surface area contributed by atoms with Crippen LogP contribution in [0.3, 0.4) is 0 Å². The van der Waals surface area contributed by atoms with E-state index >= 15 is 0 Å². The number of carbonyl (C=O) groups is 1. The number of amides is 1. The summed E-state index contributed by atoms with van der Waals surface area (Å²) in [6, 6.07) is 5.13. The summed E-state index contributed by atoms with van der Waals surface area (Å²) >= 11 is -2.30. The zero-order valence-electron chi connectivity index (χ0n) is 16.1. The molecule has 8 nitrogen and oxygen atoms in total. The van der Waals surface area contributed by atoms with Crippen molar-refractivity contribution in [2.45, 2.75) is 25.7 Å². The number of fused-ring (bicyclic) bond motifs is 2. The molecule has 0 aliphatic carbocycles. The van der Waals surface area contributed by atoms with Crippen LogP contribution < -0.4 is 15.6 Å². The van der Waals surface area contributed by atoms with Crippen molar-refractivity contribution in [1.29, 1.82) is 0 Å². The molecule has 2 N–H and O–H groups in total. The molecule has 0 fully saturated rings. The Morgan fingerprint density at radius 2 is 2.03 bits per heavy atom. The minimum Gasteiger partial charge on any atom is -0.772 e. The topological polar surface area (TPSA) is 116 Å². The Morgan fingerprint density at radius 1 is 1.28 bits per heavy atom. The number of nitrogens with one attached hydrogen (secondary N) is 2. The van der Waals surface area contributed by atoms with Crippen LogP contribution in [0.15, 0.2) is 35.4 Å². The van der Waals surface area contributed by atoms with Crippen LogP contribution in [0.4, 0.5) is 5.69 Å². The van der Waals surface area contributed by atoms with Gasteiger partial charge in [0, 0.05) is 41.7 Å². The number of ether oxygens (including phenoxy) is 1. The summed E-state index contributed by atoms with van der Waals surface area (Å²) in [5, 5.41) is 3.53. The number of carbonyl (C=O) groups excluding carboxylic acids is 1. The SMILES string of the molecule is CC(C)C1Oc2c(cc(CS(=O)[O-])cc2-c2cn(C)c(=O)c3[nH]ccc23)NC1=O. The van der Waals surface area contributed by atoms with Gasteiger partial charge in [-0.1, -0.05) is 24.9 Å². The Morgan fingerprint density at radius 3 is 2.72 bits per heavy atom. The second-order valence-corrected chi connectivity index (χ2v) is 8.36. The minimum atomic E-state index is -2.30. The molecule has 0 saturated carbocycles. The smallest absolute Gasteiger partial charge is 0.274 e. The third-order valence-electron chi connectivity index (χ3n) is 4.98. The van der Waals surface area contributed by atoms with Gasteiger partial charge in [-0.2, -0.15) is 0 Å². The van der Waals surface area contributed by atoms with E-state index in [1.165, 1.54) is 4.57 Å². The van der Waals surface area contributed by atoms with Crippen molar-refractivity contribution in [3.8, 4) is 16.9 Å². The molecule has 4 rings (SSSR count). The summed E-state index contributed by atoms with van der Waals surface area (Å²) in [5.74, 6) is -0.0700. The number of rotatable bonds is 4. The predicted molar refractivity (Wildman–Crippen MR) is 109 cm³/mol. The Kier molecular flexibility index (Phi) is 4.79. The number of benzene rings is 1. The summed E-state index contributed by atoms with van der Waals surface area (Å²) < 4.78 is 30.1. The molecule has 1 aliphatic rings. The zero-order chi connectivity index (χ0) is 20.9. The van der Waals surface area contributed by atoms with Gasteiger partial charge in [0.25, 0.3) is 11.5 Å². The number of pyridine rings is 1. The van der Waals surface area contributed by atoms with Gasteiger partial charge in [0.2, 0.25) is 0 Å². The van der Waals surface area contributed by atoms with E-state index in [2.05, 4.69) is 10.3 Å². The van der Waals surface area contributed by atoms with E-state index in [1.807, 2.05) is 13.8 Å². The molecule has 152 valence electrons. The molecule has 0 saturated heterocycles. The van der Waals surface area contributed by atoms with Crippen molar-refractivity contribution in [3.63, 3.8) is 0 Å². The fourth-order valence-corrected chi connectivity index (χ4v) is 4.07. The summed E-state index contributed by atoms with van der Waals surface area (Å²) in [6.45, 7) is 3.78. The molecule has 9 heteroatoms. The first-order valence-corrected chi connectivity index (χ1v) is 10.4. The maximum absolute atomic E-state index is 12.4. The number of aromatic amines is 1. The van der Waals surface area contributed by atoms with Crippen molar-refractivity contribution in [3.05, 3.63) is 46.5 Å². The predicted octanol–water partition coefficient (Wildman–Crippen LogP) is 2.27. The monoisotopic (exact) mass is 414 g/mol. The highest BCUT2D eigenvalue weighted by Crippen LogP contribution is 2.43. The second kappa shape index (κ2) is 7.16. The molecule has 2 aromatic heterocycles. The summed E-state index contributed by atoms with van der Waals surface area (Å²) in [4.78, 5) is 27.8. The molecule has 3 aromatic rings. The zero-order valence-corrected chi connectivity index (χ0v) is 17.0. The summed E-state index contributed by atoms with van der Waals surface area (Å²) in [5.41, 5.74) is 2.52. The number of hydrogen-bond acceptors (Lipinski definition) is 5. The molecule has 0 radical (unpaired) electrons. The number of nitrogens with zero attached hydrogens (tertiary/aromatic N) is 1. The van der Waals surface area contributed by atoms with Crippen molar-refractivity contribution >= 4 is 33.6 Å². The largest absolute Gasteiger partial charge is 0.772 e. The molecule has 29 heavy (non-hydrogen) atoms. The van der Waals surface area contributed by atoms with Crippen molar-refractivity contribution in [1.82, 2.24) is 9.55 Å². The van der Waals surface area contributed by atoms with E-state index < -0.39 is 17.2 Å². The maximum atomic E-state index is 12.4. The molecule has 2 atom stereocenters. The number of hydrogen-bond donors (Lipinski definition) is 2. The summed E-state index contributed by atoms with van der Waals surface area (Å²) in [6.07, 6.45) is 2.70. The van der Waals surface area contributed by atoms with Gasteiger partial charge in [-0.25, -0.2) is 0 Å². The number of H-pyrrole nitrogens is 1. The first-order valence-electron chi connectivity index (χ1n) is 9.13. The second-order valence-electron chi connectivity index (χ2n) is 7.47. The van der Waals surface area contributed by atoms with Gasteiger partial charge in [-0.15, -0.1) is 0 Å². The molecule has 2 unspecified atom stereocenters. The van der Waals surface area contributed by atoms with Gasteiger partial charge in [0.15, 0.2) is 11.9 Å². The van der Waals surface area contributed by atoms with Crippen LogP contribution in [-0.4, -0.2) is 30.3 Å². The lowest BCUT2D eigenvalue weighted by molar-refractivity contribution is -0.125. The van der Waals surface area contributed by atoms with Crippen LogP contribution in [0.25, 0.3) is 22.0 Å². The Labute approximate surface area is 169 Å². The van der Waals surface area contributed by atoms with Gasteiger partial charge in [0.1, 0.15) is 5.52 Å². The number of aromatic nitrogens is 2. The van der Waals surface area contributed by atoms with Gasteiger partial charge in [-0.05, 0) is 29.7 Å². The first kappa shape index (κ1) is 19.4. The van der Waals surface area contributed by atoms with Crippen molar-refractivity contribution in [2.24, 2.45) is 13.0 Å². The minimum absolute atomic E-state index is 0.0581. The van der Waals surface area contributed by atoms with E-state index in [9.17, 15) is 18.4 Å². The van der Waals surface area contributed by atoms with Gasteiger partial charge in [0.05, 0.1) is 5.69 Å². The quantitative estimate of drug-likeness (QED) is 0.635. The van der Waals surface area contributed by atoms with Gasteiger partial charge in [-0.3, -0.25) is 13.8 Å². The molecule has 3 heterocycles. The van der Waals surface area contributed by atoms with Crippen LogP contribution in [-0.2, 0) is 28.7 Å². The van der Waals surface area contributed by atoms with Crippen molar-refractivity contribution in [2.75, 3.05) is 5.32 Å². The lowest BCUT2D eigenvalue weighted by Gasteiger charge is -2.30. The van der Waals surface area contributed by atoms with Gasteiger partial charge < -0.3 is 24.2 Å². The molecule has 0 spiro atoms. The third kappa shape index (κ3) is 3.36. The molecule has 1 aliphatic heterocycles. The van der Waals surface area contributed by atoms with E-state index in [4.69, 9.17) is 4.74 Å². The lowest BCUT2D eigenvalue weighted by atomic mass is 9.97. The fourth-order valence-electron chi connectivity index (χ4n) is 3.63. The maximum Gasteiger partial charge on any atom is 0.274 e. The first-order chi connectivity index (χ1) is 13.8. The lowest BCUT2D eigenvalue weighted by Crippen LogP contribution is -2.40. The van der Waals surface area contributed by atoms with Crippen LogP contribution in [0.5, 0.6) is 5.75 Å². The third-order valence-corrected chi connectivity index (χ3v) is 5.55. The Hall–Kier alpha value is -2.91. The highest BCUT2D eigenvalue weighted by Gasteiger charge is 2.32. The fraction of sp³-hybridized carbons (Fsp3) is 0.300. The van der Waals surface area contributed by atoms with Crippen LogP contribution in [0, 0.1) is 5.92 Å². The highest BCUT2D eigenvalue weighted by atomic mass is 32.2. The van der Waals surface area contributed by atoms with Gasteiger partial charge >= 0.3 is 0 Å². The van der Waals surface area contributed by atoms with Crippen LogP contribution >= 0.6 is 0 Å². The average Bonchev–Trinajstić information content (AvgIpc) is 3.13. The Bertz CT molecular complexity index is 1210. The normalized spacial score (nSPS) is 17.1. The molecule has 1 amide bonds. The number of anilines is 1.